The van der Waals surface area contributed by atoms with Crippen molar-refractivity contribution in [2.75, 3.05) is 19.6 Å². The van der Waals surface area contributed by atoms with E-state index in [1.807, 2.05) is 24.3 Å². The molecule has 2 aliphatic rings. The minimum absolute atomic E-state index is 0.0476. The lowest BCUT2D eigenvalue weighted by Crippen LogP contribution is -2.58. The van der Waals surface area contributed by atoms with Gasteiger partial charge < -0.3 is 5.32 Å². The van der Waals surface area contributed by atoms with E-state index >= 15 is 0 Å². The molecule has 0 bridgehead atoms. The van der Waals surface area contributed by atoms with Crippen molar-refractivity contribution < 1.29 is 4.39 Å². The van der Waals surface area contributed by atoms with Crippen molar-refractivity contribution in [1.29, 1.82) is 5.26 Å². The first-order valence-electron chi connectivity index (χ1n) is 8.55. The lowest BCUT2D eigenvalue weighted by molar-refractivity contribution is 0.199. The molecule has 0 radical (unpaired) electrons. The Morgan fingerprint density at radius 1 is 1.28 bits per heavy atom. The van der Waals surface area contributed by atoms with E-state index in [-0.39, 0.29) is 5.56 Å². The second-order valence-corrected chi connectivity index (χ2v) is 7.38. The normalized spacial score (nSPS) is 22.8. The fourth-order valence-electron chi connectivity index (χ4n) is 3.86. The van der Waals surface area contributed by atoms with Gasteiger partial charge in [-0.15, -0.1) is 0 Å². The van der Waals surface area contributed by atoms with Gasteiger partial charge in [0.25, 0.3) is 0 Å². The monoisotopic (exact) mass is 355 g/mol. The van der Waals surface area contributed by atoms with E-state index in [9.17, 15) is 4.39 Å². The first kappa shape index (κ1) is 16.5. The smallest absolute Gasteiger partial charge is 0.141 e. The van der Waals surface area contributed by atoms with Crippen LogP contribution in [0.15, 0.2) is 36.4 Å². The minimum atomic E-state index is -0.515. The fourth-order valence-corrected chi connectivity index (χ4v) is 4.15. The van der Waals surface area contributed by atoms with Crippen LogP contribution in [0.4, 0.5) is 4.39 Å². The topological polar surface area (TPSA) is 39.1 Å². The van der Waals surface area contributed by atoms with Gasteiger partial charge in [-0.1, -0.05) is 35.9 Å². The molecule has 2 saturated heterocycles. The summed E-state index contributed by atoms with van der Waals surface area (Å²) in [5.74, 6) is -0.515. The van der Waals surface area contributed by atoms with Gasteiger partial charge in [0.2, 0.25) is 0 Å². The van der Waals surface area contributed by atoms with Crippen LogP contribution < -0.4 is 5.32 Å². The van der Waals surface area contributed by atoms with Crippen molar-refractivity contribution in [2.24, 2.45) is 0 Å². The van der Waals surface area contributed by atoms with Crippen molar-refractivity contribution in [1.82, 2.24) is 10.2 Å². The van der Waals surface area contributed by atoms with Crippen molar-refractivity contribution in [3.05, 3.63) is 58.4 Å². The molecule has 0 aromatic heterocycles. The Balaban J connectivity index is 1.58. The number of nitrogens with zero attached hydrogens (tertiary/aromatic N) is 2. The molecule has 3 nitrogen and oxygen atoms in total. The summed E-state index contributed by atoms with van der Waals surface area (Å²) in [6.07, 6.45) is 2.44. The molecule has 2 aromatic carbocycles. The Kier molecular flexibility index (Phi) is 4.24. The molecular weight excluding hydrogens is 337 g/mol. The first-order chi connectivity index (χ1) is 12.1. The van der Waals surface area contributed by atoms with Gasteiger partial charge in [0.1, 0.15) is 11.9 Å². The summed E-state index contributed by atoms with van der Waals surface area (Å²) in [5, 5.41) is 13.1. The molecule has 1 atom stereocenters. The summed E-state index contributed by atoms with van der Waals surface area (Å²) in [4.78, 5) is 2.43. The fraction of sp³-hybridized carbons (Fsp3) is 0.350. The Morgan fingerprint density at radius 2 is 2.12 bits per heavy atom. The summed E-state index contributed by atoms with van der Waals surface area (Å²) in [7, 11) is 0. The maximum Gasteiger partial charge on any atom is 0.141 e. The molecule has 128 valence electrons. The third-order valence-corrected chi connectivity index (χ3v) is 5.86. The van der Waals surface area contributed by atoms with Crippen molar-refractivity contribution in [2.45, 2.75) is 24.9 Å². The summed E-state index contributed by atoms with van der Waals surface area (Å²) >= 11 is 6.64. The molecule has 1 unspecified atom stereocenters. The largest absolute Gasteiger partial charge is 0.310 e. The van der Waals surface area contributed by atoms with E-state index in [0.717, 1.165) is 37.3 Å². The van der Waals surface area contributed by atoms with E-state index < -0.39 is 5.82 Å². The highest BCUT2D eigenvalue weighted by Crippen LogP contribution is 2.35. The van der Waals surface area contributed by atoms with Crippen LogP contribution >= 0.6 is 11.6 Å². The van der Waals surface area contributed by atoms with Crippen LogP contribution in [0.5, 0.6) is 0 Å². The summed E-state index contributed by atoms with van der Waals surface area (Å²) in [6.45, 7) is 4.04. The predicted molar refractivity (Wildman–Crippen MR) is 96.8 cm³/mol. The van der Waals surface area contributed by atoms with Crippen LogP contribution in [0.2, 0.25) is 5.02 Å². The average Bonchev–Trinajstić information content (AvgIpc) is 3.01. The number of hydrogen-bond donors (Lipinski definition) is 1. The molecule has 2 aliphatic heterocycles. The maximum absolute atomic E-state index is 13.9. The second kappa shape index (κ2) is 6.42. The number of benzene rings is 2. The van der Waals surface area contributed by atoms with Crippen LogP contribution in [-0.2, 0) is 6.54 Å². The standard InChI is InChI=1S/C20H19ClFN3/c21-19-16(12-25-9-7-20(13-25)6-8-24-20)2-1-3-17(19)14-4-5-15(11-23)18(22)10-14/h1-5,10,24H,6-9,12-13H2. The van der Waals surface area contributed by atoms with Crippen molar-refractivity contribution in [3.8, 4) is 17.2 Å². The zero-order chi connectivity index (χ0) is 17.4. The molecule has 0 aliphatic carbocycles. The third kappa shape index (κ3) is 3.04. The van der Waals surface area contributed by atoms with Gasteiger partial charge in [0.05, 0.1) is 10.6 Å². The number of likely N-dealkylation sites (tertiary alicyclic amines) is 1. The predicted octanol–water partition coefficient (Wildman–Crippen LogP) is 3.96. The average molecular weight is 356 g/mol. The second-order valence-electron chi connectivity index (χ2n) is 7.00. The quantitative estimate of drug-likeness (QED) is 0.905. The number of nitrogens with one attached hydrogen (secondary N) is 1. The Morgan fingerprint density at radius 3 is 2.76 bits per heavy atom. The molecule has 25 heavy (non-hydrogen) atoms. The van der Waals surface area contributed by atoms with Crippen LogP contribution in [0, 0.1) is 17.1 Å². The zero-order valence-corrected chi connectivity index (χ0v) is 14.6. The SMILES string of the molecule is N#Cc1ccc(-c2cccc(CN3CCC4(CCN4)C3)c2Cl)cc1F. The van der Waals surface area contributed by atoms with Gasteiger partial charge in [-0.3, -0.25) is 4.90 Å². The molecule has 2 fully saturated rings. The van der Waals surface area contributed by atoms with Crippen LogP contribution in [-0.4, -0.2) is 30.1 Å². The molecule has 2 aromatic rings. The molecule has 0 amide bonds. The van der Waals surface area contributed by atoms with Gasteiger partial charge in [-0.05, 0) is 42.6 Å². The van der Waals surface area contributed by atoms with Crippen LogP contribution in [0.25, 0.3) is 11.1 Å². The van der Waals surface area contributed by atoms with Gasteiger partial charge in [0, 0.05) is 30.7 Å². The van der Waals surface area contributed by atoms with Crippen LogP contribution in [0.3, 0.4) is 0 Å². The van der Waals surface area contributed by atoms with Crippen LogP contribution in [0.1, 0.15) is 24.0 Å². The third-order valence-electron chi connectivity index (χ3n) is 5.41. The Hall–Kier alpha value is -1.93. The molecule has 4 rings (SSSR count). The van der Waals surface area contributed by atoms with Gasteiger partial charge >= 0.3 is 0 Å². The number of nitriles is 1. The highest BCUT2D eigenvalue weighted by atomic mass is 35.5. The van der Waals surface area contributed by atoms with Gasteiger partial charge in [0.15, 0.2) is 0 Å². The number of hydrogen-bond acceptors (Lipinski definition) is 3. The molecule has 2 heterocycles. The van der Waals surface area contributed by atoms with E-state index in [4.69, 9.17) is 16.9 Å². The maximum atomic E-state index is 13.9. The lowest BCUT2D eigenvalue weighted by atomic mass is 9.87. The highest BCUT2D eigenvalue weighted by Gasteiger charge is 2.42. The summed E-state index contributed by atoms with van der Waals surface area (Å²) < 4.78 is 13.9. The molecule has 0 saturated carbocycles. The number of rotatable bonds is 3. The van der Waals surface area contributed by atoms with Crippen molar-refractivity contribution in [3.63, 3.8) is 0 Å². The lowest BCUT2D eigenvalue weighted by Gasteiger charge is -2.40. The van der Waals surface area contributed by atoms with Gasteiger partial charge in [-0.25, -0.2) is 4.39 Å². The van der Waals surface area contributed by atoms with E-state index in [2.05, 4.69) is 10.2 Å². The van der Waals surface area contributed by atoms with E-state index in [0.29, 0.717) is 16.1 Å². The van der Waals surface area contributed by atoms with Gasteiger partial charge in [-0.2, -0.15) is 5.26 Å². The number of halogens is 2. The summed E-state index contributed by atoms with van der Waals surface area (Å²) in [5.41, 5.74) is 2.92. The molecule has 1 N–H and O–H groups in total. The van der Waals surface area contributed by atoms with Crippen molar-refractivity contribution >= 4 is 11.6 Å². The minimum Gasteiger partial charge on any atom is -0.310 e. The zero-order valence-electron chi connectivity index (χ0n) is 13.9. The summed E-state index contributed by atoms with van der Waals surface area (Å²) in [6, 6.07) is 12.4. The Bertz CT molecular complexity index is 855. The van der Waals surface area contributed by atoms with E-state index in [1.165, 1.54) is 25.0 Å². The highest BCUT2D eigenvalue weighted by molar-refractivity contribution is 6.34. The Labute approximate surface area is 152 Å². The van der Waals surface area contributed by atoms with E-state index in [1.54, 1.807) is 6.07 Å². The molecule has 5 heteroatoms. The molecular formula is C20H19ClFN3. The molecule has 1 spiro atoms. The first-order valence-corrected chi connectivity index (χ1v) is 8.93.